The van der Waals surface area contributed by atoms with Crippen molar-refractivity contribution in [3.63, 3.8) is 0 Å². The van der Waals surface area contributed by atoms with E-state index in [1.165, 1.54) is 6.07 Å². The van der Waals surface area contributed by atoms with Crippen molar-refractivity contribution < 1.29 is 23.4 Å². The zero-order chi connectivity index (χ0) is 18.2. The summed E-state index contributed by atoms with van der Waals surface area (Å²) in [7, 11) is 0. The number of carbonyl (C=O) groups excluding carboxylic acids is 1. The molecule has 0 spiro atoms. The lowest BCUT2D eigenvalue weighted by Crippen LogP contribution is -2.46. The van der Waals surface area contributed by atoms with Crippen LogP contribution in [0.5, 0.6) is 0 Å². The number of pyridine rings is 1. The van der Waals surface area contributed by atoms with Crippen LogP contribution in [0, 0.1) is 0 Å². The van der Waals surface area contributed by atoms with Gasteiger partial charge in [0.2, 0.25) is 0 Å². The molecule has 2 unspecified atom stereocenters. The number of rotatable bonds is 3. The number of halogens is 5. The van der Waals surface area contributed by atoms with E-state index in [0.717, 1.165) is 24.2 Å². The number of nitrogens with one attached hydrogen (secondary N) is 1. The Morgan fingerprint density at radius 1 is 1.19 bits per heavy atom. The Morgan fingerprint density at radius 2 is 1.92 bits per heavy atom. The van der Waals surface area contributed by atoms with E-state index in [9.17, 15) is 18.0 Å². The molecule has 26 heavy (non-hydrogen) atoms. The van der Waals surface area contributed by atoms with Gasteiger partial charge in [-0.15, -0.1) is 0 Å². The molecule has 1 aromatic carbocycles. The van der Waals surface area contributed by atoms with Crippen LogP contribution in [-0.4, -0.2) is 22.4 Å². The highest BCUT2D eigenvalue weighted by atomic mass is 35.5. The zero-order valence-corrected chi connectivity index (χ0v) is 14.8. The highest BCUT2D eigenvalue weighted by Crippen LogP contribution is 2.41. The summed E-state index contributed by atoms with van der Waals surface area (Å²) >= 11 is 12.1. The molecule has 1 aliphatic carbocycles. The number of hydrogen-bond acceptors (Lipinski definition) is 2. The largest absolute Gasteiger partial charge is 0.434 e. The van der Waals surface area contributed by atoms with Gasteiger partial charge in [0.05, 0.1) is 5.56 Å². The lowest BCUT2D eigenvalue weighted by molar-refractivity contribution is -0.141. The molecule has 2 atom stereocenters. The average Bonchev–Trinajstić information content (AvgIpc) is 2.53. The minimum absolute atomic E-state index is 0. The molecule has 1 fully saturated rings. The van der Waals surface area contributed by atoms with E-state index in [2.05, 4.69) is 10.3 Å². The van der Waals surface area contributed by atoms with Crippen molar-refractivity contribution in [3.8, 4) is 0 Å². The number of amides is 1. The minimum atomic E-state index is -4.69. The van der Waals surface area contributed by atoms with Gasteiger partial charge in [-0.1, -0.05) is 29.3 Å². The molecule has 0 aliphatic heterocycles. The van der Waals surface area contributed by atoms with Gasteiger partial charge in [-0.25, -0.2) is 0 Å². The SMILES string of the molecule is O.O=C(NC1CCC1c1ccc(Cl)cc1Cl)c1cccnc1C(F)(F)F. The highest BCUT2D eigenvalue weighted by Gasteiger charge is 2.39. The van der Waals surface area contributed by atoms with Crippen molar-refractivity contribution in [2.45, 2.75) is 31.0 Å². The summed E-state index contributed by atoms with van der Waals surface area (Å²) in [4.78, 5) is 15.6. The number of carbonyl (C=O) groups is 1. The standard InChI is InChI=1S/C17H13Cl2F3N2O.H2O/c18-9-3-4-10(13(19)8-9)11-5-6-14(11)24-16(25)12-2-1-7-23-15(12)17(20,21)22;/h1-4,7-8,11,14H,5-6H2,(H,24,25);1H2. The summed E-state index contributed by atoms with van der Waals surface area (Å²) in [6.45, 7) is 0. The fourth-order valence-corrected chi connectivity index (χ4v) is 3.46. The molecule has 1 heterocycles. The second kappa shape index (κ2) is 7.82. The van der Waals surface area contributed by atoms with Gasteiger partial charge in [0, 0.05) is 28.2 Å². The van der Waals surface area contributed by atoms with Gasteiger partial charge in [-0.05, 0) is 42.7 Å². The third-order valence-electron chi connectivity index (χ3n) is 4.27. The molecular weight excluding hydrogens is 392 g/mol. The monoisotopic (exact) mass is 406 g/mol. The summed E-state index contributed by atoms with van der Waals surface area (Å²) in [5, 5.41) is 3.64. The molecule has 140 valence electrons. The maximum Gasteiger partial charge on any atom is 0.434 e. The first-order valence-electron chi connectivity index (χ1n) is 7.55. The van der Waals surface area contributed by atoms with Crippen molar-refractivity contribution in [2.75, 3.05) is 0 Å². The van der Waals surface area contributed by atoms with Crippen molar-refractivity contribution >= 4 is 29.1 Å². The van der Waals surface area contributed by atoms with E-state index in [1.54, 1.807) is 18.2 Å². The molecule has 3 rings (SSSR count). The summed E-state index contributed by atoms with van der Waals surface area (Å²) in [6, 6.07) is 7.22. The first-order valence-corrected chi connectivity index (χ1v) is 8.31. The van der Waals surface area contributed by atoms with Crippen LogP contribution in [0.4, 0.5) is 13.2 Å². The summed E-state index contributed by atoms with van der Waals surface area (Å²) in [5.41, 5.74) is -0.847. The van der Waals surface area contributed by atoms with Crippen LogP contribution in [0.25, 0.3) is 0 Å². The number of aromatic nitrogens is 1. The van der Waals surface area contributed by atoms with Crippen molar-refractivity contribution in [1.29, 1.82) is 0 Å². The van der Waals surface area contributed by atoms with Crippen LogP contribution in [0.3, 0.4) is 0 Å². The minimum Gasteiger partial charge on any atom is -0.412 e. The third-order valence-corrected chi connectivity index (χ3v) is 4.84. The average molecular weight is 407 g/mol. The maximum absolute atomic E-state index is 13.0. The van der Waals surface area contributed by atoms with E-state index in [0.29, 0.717) is 16.5 Å². The van der Waals surface area contributed by atoms with Gasteiger partial charge in [-0.2, -0.15) is 13.2 Å². The van der Waals surface area contributed by atoms with Gasteiger partial charge < -0.3 is 10.8 Å². The number of alkyl halides is 3. The predicted octanol–water partition coefficient (Wildman–Crippen LogP) is 4.26. The molecule has 2 aromatic rings. The zero-order valence-electron chi connectivity index (χ0n) is 13.3. The van der Waals surface area contributed by atoms with E-state index in [4.69, 9.17) is 23.2 Å². The molecular formula is C17H15Cl2F3N2O2. The second-order valence-corrected chi connectivity index (χ2v) is 6.67. The normalized spacial score (nSPS) is 19.3. The van der Waals surface area contributed by atoms with E-state index in [-0.39, 0.29) is 17.4 Å². The second-order valence-electron chi connectivity index (χ2n) is 5.83. The molecule has 0 saturated heterocycles. The Labute approximate surface area is 157 Å². The Morgan fingerprint density at radius 3 is 2.50 bits per heavy atom. The fraction of sp³-hybridized carbons (Fsp3) is 0.294. The lowest BCUT2D eigenvalue weighted by Gasteiger charge is -2.38. The molecule has 9 heteroatoms. The Kier molecular flexibility index (Phi) is 6.16. The van der Waals surface area contributed by atoms with Crippen LogP contribution in [0.2, 0.25) is 10.0 Å². The maximum atomic E-state index is 13.0. The van der Waals surface area contributed by atoms with Gasteiger partial charge >= 0.3 is 6.18 Å². The van der Waals surface area contributed by atoms with Crippen LogP contribution >= 0.6 is 23.2 Å². The predicted molar refractivity (Wildman–Crippen MR) is 92.5 cm³/mol. The van der Waals surface area contributed by atoms with Crippen molar-refractivity contribution in [3.05, 3.63) is 63.4 Å². The van der Waals surface area contributed by atoms with Gasteiger partial charge in [0.25, 0.3) is 5.91 Å². The van der Waals surface area contributed by atoms with Gasteiger partial charge in [-0.3, -0.25) is 9.78 Å². The smallest absolute Gasteiger partial charge is 0.412 e. The van der Waals surface area contributed by atoms with E-state index < -0.39 is 23.3 Å². The van der Waals surface area contributed by atoms with E-state index >= 15 is 0 Å². The van der Waals surface area contributed by atoms with Crippen molar-refractivity contribution in [2.24, 2.45) is 0 Å². The van der Waals surface area contributed by atoms with Gasteiger partial charge in [0.15, 0.2) is 5.69 Å². The fourth-order valence-electron chi connectivity index (χ4n) is 2.91. The Hall–Kier alpha value is -1.83. The summed E-state index contributed by atoms with van der Waals surface area (Å²) < 4.78 is 39.0. The van der Waals surface area contributed by atoms with Crippen molar-refractivity contribution in [1.82, 2.24) is 10.3 Å². The van der Waals surface area contributed by atoms with Crippen LogP contribution in [0.1, 0.15) is 40.4 Å². The number of nitrogens with zero attached hydrogens (tertiary/aromatic N) is 1. The molecule has 1 amide bonds. The molecule has 0 radical (unpaired) electrons. The molecule has 4 nitrogen and oxygen atoms in total. The van der Waals surface area contributed by atoms with Crippen LogP contribution in [0.15, 0.2) is 36.5 Å². The lowest BCUT2D eigenvalue weighted by atomic mass is 9.75. The van der Waals surface area contributed by atoms with E-state index in [1.807, 2.05) is 0 Å². The number of benzene rings is 1. The molecule has 0 bridgehead atoms. The molecule has 1 aromatic heterocycles. The van der Waals surface area contributed by atoms with Crippen LogP contribution < -0.4 is 5.32 Å². The van der Waals surface area contributed by atoms with Crippen LogP contribution in [-0.2, 0) is 6.18 Å². The Bertz CT molecular complexity index is 815. The summed E-state index contributed by atoms with van der Waals surface area (Å²) in [5.74, 6) is -0.847. The highest BCUT2D eigenvalue weighted by molar-refractivity contribution is 6.35. The molecule has 1 aliphatic rings. The number of hydrogen-bond donors (Lipinski definition) is 1. The first kappa shape index (κ1) is 20.5. The topological polar surface area (TPSA) is 73.5 Å². The summed E-state index contributed by atoms with van der Waals surface area (Å²) in [6.07, 6.45) is -2.23. The van der Waals surface area contributed by atoms with Gasteiger partial charge in [0.1, 0.15) is 0 Å². The first-order chi connectivity index (χ1) is 11.8. The Balaban J connectivity index is 0.00000243. The molecule has 3 N–H and O–H groups in total. The quantitative estimate of drug-likeness (QED) is 0.826. The molecule has 1 saturated carbocycles. The third kappa shape index (κ3) is 4.11.